The summed E-state index contributed by atoms with van der Waals surface area (Å²) in [6, 6.07) is 11.0. The van der Waals surface area contributed by atoms with Gasteiger partial charge in [0.15, 0.2) is 5.65 Å². The Labute approximate surface area is 111 Å². The number of fused-ring (bicyclic) bond motifs is 1. The highest BCUT2D eigenvalue weighted by Crippen LogP contribution is 2.31. The average Bonchev–Trinajstić information content (AvgIpc) is 2.74. The predicted molar refractivity (Wildman–Crippen MR) is 69.2 cm³/mol. The number of hydrogen-bond acceptors (Lipinski definition) is 4. The Kier molecular flexibility index (Phi) is 2.81. The average molecular weight is 279 g/mol. The SMILES string of the molecule is O=c1[nH]nc2ccc(Sc3ccccc3Cl)nn12. The van der Waals surface area contributed by atoms with Crippen LogP contribution in [0.2, 0.25) is 5.02 Å². The molecule has 0 atom stereocenters. The van der Waals surface area contributed by atoms with Crippen molar-refractivity contribution in [2.24, 2.45) is 0 Å². The number of hydrogen-bond donors (Lipinski definition) is 1. The highest BCUT2D eigenvalue weighted by molar-refractivity contribution is 7.99. The summed E-state index contributed by atoms with van der Waals surface area (Å²) in [6.45, 7) is 0. The van der Waals surface area contributed by atoms with Crippen LogP contribution in [0.1, 0.15) is 0 Å². The van der Waals surface area contributed by atoms with Crippen LogP contribution in [-0.4, -0.2) is 19.8 Å². The number of nitrogens with zero attached hydrogens (tertiary/aromatic N) is 3. The minimum absolute atomic E-state index is 0.355. The van der Waals surface area contributed by atoms with Gasteiger partial charge >= 0.3 is 5.69 Å². The second kappa shape index (κ2) is 4.47. The molecule has 0 aliphatic heterocycles. The van der Waals surface area contributed by atoms with E-state index in [0.717, 1.165) is 4.90 Å². The fourth-order valence-corrected chi connectivity index (χ4v) is 2.53. The molecule has 1 N–H and O–H groups in total. The van der Waals surface area contributed by atoms with Crippen molar-refractivity contribution in [3.8, 4) is 0 Å². The van der Waals surface area contributed by atoms with Gasteiger partial charge in [-0.3, -0.25) is 0 Å². The van der Waals surface area contributed by atoms with E-state index in [1.54, 1.807) is 12.1 Å². The van der Waals surface area contributed by atoms with E-state index in [4.69, 9.17) is 11.6 Å². The second-order valence-corrected chi connectivity index (χ2v) is 4.97. The Balaban J connectivity index is 2.03. The topological polar surface area (TPSA) is 63.0 Å². The lowest BCUT2D eigenvalue weighted by atomic mass is 10.4. The van der Waals surface area contributed by atoms with E-state index in [9.17, 15) is 4.79 Å². The van der Waals surface area contributed by atoms with Crippen LogP contribution in [-0.2, 0) is 0 Å². The fourth-order valence-electron chi connectivity index (χ4n) is 1.48. The van der Waals surface area contributed by atoms with Crippen molar-refractivity contribution in [2.75, 3.05) is 0 Å². The van der Waals surface area contributed by atoms with Crippen molar-refractivity contribution >= 4 is 29.0 Å². The number of aromatic nitrogens is 4. The maximum absolute atomic E-state index is 11.4. The first-order valence-electron chi connectivity index (χ1n) is 5.11. The highest BCUT2D eigenvalue weighted by atomic mass is 35.5. The van der Waals surface area contributed by atoms with Crippen LogP contribution in [0.25, 0.3) is 5.65 Å². The molecule has 1 aromatic carbocycles. The summed E-state index contributed by atoms with van der Waals surface area (Å²) in [4.78, 5) is 12.3. The number of rotatable bonds is 2. The molecule has 18 heavy (non-hydrogen) atoms. The first-order chi connectivity index (χ1) is 8.74. The predicted octanol–water partition coefficient (Wildman–Crippen LogP) is 2.22. The van der Waals surface area contributed by atoms with Gasteiger partial charge in [-0.2, -0.15) is 14.7 Å². The molecule has 0 bridgehead atoms. The lowest BCUT2D eigenvalue weighted by Crippen LogP contribution is -2.12. The number of nitrogens with one attached hydrogen (secondary N) is 1. The minimum atomic E-state index is -0.355. The molecule has 0 saturated heterocycles. The molecule has 2 aromatic heterocycles. The van der Waals surface area contributed by atoms with E-state index < -0.39 is 0 Å². The Morgan fingerprint density at radius 1 is 1.22 bits per heavy atom. The summed E-state index contributed by atoms with van der Waals surface area (Å²) in [7, 11) is 0. The fraction of sp³-hybridized carbons (Fsp3) is 0. The maximum atomic E-state index is 11.4. The van der Waals surface area contributed by atoms with Crippen molar-refractivity contribution in [3.05, 3.63) is 51.9 Å². The second-order valence-electron chi connectivity index (χ2n) is 3.50. The molecule has 0 fully saturated rings. The molecule has 0 aliphatic carbocycles. The summed E-state index contributed by atoms with van der Waals surface area (Å²) in [5.41, 5.74) is 0.134. The third kappa shape index (κ3) is 2.00. The lowest BCUT2D eigenvalue weighted by Gasteiger charge is -2.02. The van der Waals surface area contributed by atoms with Gasteiger partial charge < -0.3 is 0 Å². The van der Waals surface area contributed by atoms with Crippen molar-refractivity contribution in [1.29, 1.82) is 0 Å². The first kappa shape index (κ1) is 11.3. The summed E-state index contributed by atoms with van der Waals surface area (Å²) in [5, 5.41) is 11.7. The largest absolute Gasteiger partial charge is 0.364 e. The molecule has 0 aliphatic rings. The molecule has 5 nitrogen and oxygen atoms in total. The van der Waals surface area contributed by atoms with E-state index in [0.29, 0.717) is 15.7 Å². The number of halogens is 1. The van der Waals surface area contributed by atoms with Crippen LogP contribution < -0.4 is 5.69 Å². The first-order valence-corrected chi connectivity index (χ1v) is 6.30. The molecule has 7 heteroatoms. The lowest BCUT2D eigenvalue weighted by molar-refractivity contribution is 0.820. The molecular weight excluding hydrogens is 272 g/mol. The summed E-state index contributed by atoms with van der Waals surface area (Å²) in [5.74, 6) is 0. The third-order valence-corrected chi connectivity index (χ3v) is 3.74. The quantitative estimate of drug-likeness (QED) is 0.781. The highest BCUT2D eigenvalue weighted by Gasteiger charge is 2.06. The van der Waals surface area contributed by atoms with Crippen LogP contribution >= 0.6 is 23.4 Å². The van der Waals surface area contributed by atoms with E-state index in [1.807, 2.05) is 24.3 Å². The van der Waals surface area contributed by atoms with E-state index in [1.165, 1.54) is 16.3 Å². The Morgan fingerprint density at radius 2 is 2.06 bits per heavy atom. The number of benzene rings is 1. The number of H-pyrrole nitrogens is 1. The smallest absolute Gasteiger partial charge is 0.244 e. The third-order valence-electron chi connectivity index (χ3n) is 2.30. The van der Waals surface area contributed by atoms with E-state index in [2.05, 4.69) is 15.3 Å². The molecule has 0 spiro atoms. The molecule has 0 unspecified atom stereocenters. The molecular formula is C11H7ClN4OS. The van der Waals surface area contributed by atoms with Crippen LogP contribution in [0.4, 0.5) is 0 Å². The van der Waals surface area contributed by atoms with Crippen LogP contribution in [0.15, 0.2) is 51.1 Å². The van der Waals surface area contributed by atoms with Crippen LogP contribution in [0, 0.1) is 0 Å². The van der Waals surface area contributed by atoms with Gasteiger partial charge in [0.05, 0.1) is 5.02 Å². The molecule has 2 heterocycles. The zero-order valence-electron chi connectivity index (χ0n) is 9.00. The van der Waals surface area contributed by atoms with Crippen molar-refractivity contribution in [1.82, 2.24) is 19.8 Å². The summed E-state index contributed by atoms with van der Waals surface area (Å²) in [6.07, 6.45) is 0. The van der Waals surface area contributed by atoms with Crippen molar-refractivity contribution in [3.63, 3.8) is 0 Å². The van der Waals surface area contributed by atoms with Crippen molar-refractivity contribution in [2.45, 2.75) is 9.92 Å². The molecule has 0 saturated carbocycles. The monoisotopic (exact) mass is 278 g/mol. The Bertz CT molecular complexity index is 767. The Hall–Kier alpha value is -1.79. The van der Waals surface area contributed by atoms with Crippen molar-refractivity contribution < 1.29 is 0 Å². The van der Waals surface area contributed by atoms with Gasteiger partial charge in [0.1, 0.15) is 5.03 Å². The molecule has 3 rings (SSSR count). The summed E-state index contributed by atoms with van der Waals surface area (Å²) < 4.78 is 1.22. The van der Waals surface area contributed by atoms with E-state index >= 15 is 0 Å². The van der Waals surface area contributed by atoms with Gasteiger partial charge in [0.25, 0.3) is 0 Å². The molecule has 3 aromatic rings. The Morgan fingerprint density at radius 3 is 2.89 bits per heavy atom. The minimum Gasteiger partial charge on any atom is -0.244 e. The normalized spacial score (nSPS) is 10.9. The molecule has 90 valence electrons. The van der Waals surface area contributed by atoms with E-state index in [-0.39, 0.29) is 5.69 Å². The maximum Gasteiger partial charge on any atom is 0.364 e. The van der Waals surface area contributed by atoms with Gasteiger partial charge in [0, 0.05) is 4.90 Å². The molecule has 0 radical (unpaired) electrons. The van der Waals surface area contributed by atoms with Gasteiger partial charge in [-0.1, -0.05) is 35.5 Å². The standard InChI is InChI=1S/C11H7ClN4OS/c12-7-3-1-2-4-8(7)18-10-6-5-9-13-14-11(17)16(9)15-10/h1-6H,(H,14,17). The number of aromatic amines is 1. The summed E-state index contributed by atoms with van der Waals surface area (Å²) >= 11 is 7.46. The van der Waals surface area contributed by atoms with Gasteiger partial charge in [-0.05, 0) is 24.3 Å². The molecule has 0 amide bonds. The zero-order valence-corrected chi connectivity index (χ0v) is 10.6. The van der Waals surface area contributed by atoms with Crippen LogP contribution in [0.5, 0.6) is 0 Å². The zero-order chi connectivity index (χ0) is 12.5. The van der Waals surface area contributed by atoms with Gasteiger partial charge in [-0.15, -0.1) is 0 Å². The van der Waals surface area contributed by atoms with Gasteiger partial charge in [-0.25, -0.2) is 9.89 Å². The van der Waals surface area contributed by atoms with Gasteiger partial charge in [0.2, 0.25) is 0 Å². The van der Waals surface area contributed by atoms with Crippen LogP contribution in [0.3, 0.4) is 0 Å².